The molecule has 5 aromatic rings. The molecule has 192 valence electrons. The molecule has 0 aliphatic heterocycles. The van der Waals surface area contributed by atoms with Crippen LogP contribution in [0, 0.1) is 0 Å². The number of carbonyl (C=O) groups is 1. The predicted octanol–water partition coefficient (Wildman–Crippen LogP) is 3.10. The van der Waals surface area contributed by atoms with Crippen molar-refractivity contribution in [3.8, 4) is 17.0 Å². The Kier molecular flexibility index (Phi) is 6.89. The van der Waals surface area contributed by atoms with Crippen molar-refractivity contribution >= 4 is 29.3 Å². The Hall–Kier alpha value is -5.33. The molecule has 0 aliphatic rings. The first-order valence-corrected chi connectivity index (χ1v) is 11.6. The van der Waals surface area contributed by atoms with Gasteiger partial charge in [-0.2, -0.15) is 25.1 Å². The van der Waals surface area contributed by atoms with E-state index in [2.05, 4.69) is 46.0 Å². The van der Waals surface area contributed by atoms with Crippen molar-refractivity contribution in [3.63, 3.8) is 0 Å². The Bertz CT molecular complexity index is 1530. The van der Waals surface area contributed by atoms with Crippen LogP contribution in [0.2, 0.25) is 0 Å². The van der Waals surface area contributed by atoms with Crippen molar-refractivity contribution in [2.75, 3.05) is 31.8 Å². The summed E-state index contributed by atoms with van der Waals surface area (Å²) >= 11 is 0. The van der Waals surface area contributed by atoms with E-state index in [1.165, 1.54) is 11.2 Å². The van der Waals surface area contributed by atoms with Crippen LogP contribution in [-0.2, 0) is 6.54 Å². The van der Waals surface area contributed by atoms with Crippen molar-refractivity contribution in [2.45, 2.75) is 6.54 Å². The third-order valence-electron chi connectivity index (χ3n) is 5.55. The molecule has 0 aliphatic carbocycles. The number of rotatable bonds is 9. The van der Waals surface area contributed by atoms with Gasteiger partial charge in [0, 0.05) is 37.0 Å². The van der Waals surface area contributed by atoms with Crippen LogP contribution in [0.4, 0.5) is 23.4 Å². The van der Waals surface area contributed by atoms with E-state index < -0.39 is 0 Å². The van der Waals surface area contributed by atoms with Gasteiger partial charge in [0.05, 0.1) is 31.7 Å². The molecule has 13 nitrogen and oxygen atoms in total. The fourth-order valence-corrected chi connectivity index (χ4v) is 3.70. The molecule has 0 saturated heterocycles. The number of benzene rings is 2. The van der Waals surface area contributed by atoms with Gasteiger partial charge in [-0.15, -0.1) is 0 Å². The summed E-state index contributed by atoms with van der Waals surface area (Å²) in [7, 11) is 5.06. The van der Waals surface area contributed by atoms with Crippen LogP contribution in [0.25, 0.3) is 11.3 Å². The molecular weight excluding hydrogens is 486 g/mol. The highest BCUT2D eigenvalue weighted by Gasteiger charge is 2.11. The lowest BCUT2D eigenvalue weighted by atomic mass is 10.1. The second-order valence-electron chi connectivity index (χ2n) is 8.41. The van der Waals surface area contributed by atoms with Gasteiger partial charge in [-0.25, -0.2) is 9.97 Å². The lowest BCUT2D eigenvalue weighted by molar-refractivity contribution is 0.0827. The SMILES string of the molecule is COc1ccc(Nc2ncnc(Nc3cc(-c4ccc(C(=O)N(C)C)cc4)[nH]n3)n2)cc1Cn1nccn1. The second-order valence-corrected chi connectivity index (χ2v) is 8.41. The topological polar surface area (TPSA) is 152 Å². The summed E-state index contributed by atoms with van der Waals surface area (Å²) < 4.78 is 5.47. The minimum atomic E-state index is -0.0523. The second kappa shape index (κ2) is 10.7. The van der Waals surface area contributed by atoms with Gasteiger partial charge in [-0.05, 0) is 35.9 Å². The van der Waals surface area contributed by atoms with Crippen LogP contribution >= 0.6 is 0 Å². The summed E-state index contributed by atoms with van der Waals surface area (Å²) in [6.07, 6.45) is 4.66. The van der Waals surface area contributed by atoms with E-state index in [1.807, 2.05) is 36.4 Å². The maximum Gasteiger partial charge on any atom is 0.253 e. The number of hydrogen-bond acceptors (Lipinski definition) is 10. The van der Waals surface area contributed by atoms with Crippen LogP contribution in [0.15, 0.2) is 67.3 Å². The third kappa shape index (κ3) is 5.56. The predicted molar refractivity (Wildman–Crippen MR) is 141 cm³/mol. The maximum absolute atomic E-state index is 12.1. The molecule has 38 heavy (non-hydrogen) atoms. The van der Waals surface area contributed by atoms with Crippen LogP contribution in [0.3, 0.4) is 0 Å². The molecule has 0 unspecified atom stereocenters. The van der Waals surface area contributed by atoms with E-state index in [0.29, 0.717) is 29.8 Å². The summed E-state index contributed by atoms with van der Waals surface area (Å²) in [5.74, 6) is 1.88. The number of nitrogens with zero attached hydrogens (tertiary/aromatic N) is 8. The summed E-state index contributed by atoms with van der Waals surface area (Å²) in [5.41, 5.74) is 3.94. The number of amides is 1. The number of anilines is 4. The molecule has 1 amide bonds. The van der Waals surface area contributed by atoms with Gasteiger partial charge >= 0.3 is 0 Å². The molecule has 0 radical (unpaired) electrons. The summed E-state index contributed by atoms with van der Waals surface area (Å²) in [5, 5.41) is 21.9. The molecule has 5 rings (SSSR count). The van der Waals surface area contributed by atoms with Crippen molar-refractivity contribution < 1.29 is 9.53 Å². The highest BCUT2D eigenvalue weighted by molar-refractivity contribution is 5.94. The fraction of sp³-hybridized carbons (Fsp3) is 0.160. The van der Waals surface area contributed by atoms with Crippen LogP contribution in [0.1, 0.15) is 15.9 Å². The van der Waals surface area contributed by atoms with Gasteiger partial charge in [0.1, 0.15) is 12.1 Å². The minimum absolute atomic E-state index is 0.0523. The molecule has 0 atom stereocenters. The van der Waals surface area contributed by atoms with Gasteiger partial charge < -0.3 is 20.3 Å². The zero-order valence-electron chi connectivity index (χ0n) is 21.0. The zero-order valence-corrected chi connectivity index (χ0v) is 21.0. The normalized spacial score (nSPS) is 10.7. The first-order chi connectivity index (χ1) is 18.5. The molecule has 2 aromatic carbocycles. The van der Waals surface area contributed by atoms with Gasteiger partial charge in [0.15, 0.2) is 5.82 Å². The van der Waals surface area contributed by atoms with E-state index in [9.17, 15) is 4.79 Å². The number of H-pyrrole nitrogens is 1. The number of hydrogen-bond donors (Lipinski definition) is 3. The average molecular weight is 512 g/mol. The molecule has 3 aromatic heterocycles. The van der Waals surface area contributed by atoms with Crippen molar-refractivity contribution in [1.29, 1.82) is 0 Å². The fourth-order valence-electron chi connectivity index (χ4n) is 3.70. The standard InChI is InChI=1S/C25H25N11O2/c1-35(2)23(37)17-6-4-16(5-7-17)20-13-22(34-33-20)31-25-27-15-26-24(32-25)30-19-8-9-21(38-3)18(12-19)14-36-28-10-11-29-36/h4-13,15H,14H2,1-3H3,(H3,26,27,30,31,32,33,34). The Balaban J connectivity index is 1.27. The maximum atomic E-state index is 12.1. The minimum Gasteiger partial charge on any atom is -0.496 e. The lowest BCUT2D eigenvalue weighted by Crippen LogP contribution is -2.21. The first-order valence-electron chi connectivity index (χ1n) is 11.6. The van der Waals surface area contributed by atoms with Crippen molar-refractivity contribution in [3.05, 3.63) is 78.4 Å². The highest BCUT2D eigenvalue weighted by Crippen LogP contribution is 2.25. The van der Waals surface area contributed by atoms with E-state index >= 15 is 0 Å². The van der Waals surface area contributed by atoms with Crippen molar-refractivity contribution in [1.82, 2.24) is 45.0 Å². The van der Waals surface area contributed by atoms with Gasteiger partial charge in [-0.1, -0.05) is 12.1 Å². The number of aromatic nitrogens is 8. The number of aromatic amines is 1. The number of carbonyl (C=O) groups excluding carboxylic acids is 1. The lowest BCUT2D eigenvalue weighted by Gasteiger charge is -2.11. The van der Waals surface area contributed by atoms with E-state index in [1.54, 1.807) is 50.5 Å². The molecule has 3 heterocycles. The molecule has 0 spiro atoms. The largest absolute Gasteiger partial charge is 0.496 e. The van der Waals surface area contributed by atoms with E-state index in [-0.39, 0.29) is 5.91 Å². The zero-order chi connectivity index (χ0) is 26.5. The average Bonchev–Trinajstić information content (AvgIpc) is 3.61. The molecule has 3 N–H and O–H groups in total. The quantitative estimate of drug-likeness (QED) is 0.269. The molecular formula is C25H25N11O2. The number of nitrogens with one attached hydrogen (secondary N) is 3. The van der Waals surface area contributed by atoms with Crippen LogP contribution < -0.4 is 15.4 Å². The Morgan fingerprint density at radius 2 is 1.74 bits per heavy atom. The van der Waals surface area contributed by atoms with Gasteiger partial charge in [0.2, 0.25) is 11.9 Å². The number of methoxy groups -OCH3 is 1. The molecule has 0 saturated carbocycles. The molecule has 0 bridgehead atoms. The third-order valence-corrected chi connectivity index (χ3v) is 5.55. The van der Waals surface area contributed by atoms with Gasteiger partial charge in [0.25, 0.3) is 5.91 Å². The first kappa shape index (κ1) is 24.4. The smallest absolute Gasteiger partial charge is 0.253 e. The number of ether oxygens (including phenoxy) is 1. The highest BCUT2D eigenvalue weighted by atomic mass is 16.5. The monoisotopic (exact) mass is 511 g/mol. The summed E-state index contributed by atoms with van der Waals surface area (Å²) in [4.78, 5) is 28.1. The van der Waals surface area contributed by atoms with Crippen LogP contribution in [0.5, 0.6) is 5.75 Å². The molecule has 13 heteroatoms. The summed E-state index contributed by atoms with van der Waals surface area (Å²) in [6, 6.07) is 14.8. The Morgan fingerprint density at radius 3 is 2.45 bits per heavy atom. The van der Waals surface area contributed by atoms with E-state index in [0.717, 1.165) is 28.3 Å². The van der Waals surface area contributed by atoms with Crippen LogP contribution in [-0.4, -0.2) is 72.2 Å². The molecule has 0 fully saturated rings. The van der Waals surface area contributed by atoms with E-state index in [4.69, 9.17) is 4.74 Å². The van der Waals surface area contributed by atoms with Gasteiger partial charge in [-0.3, -0.25) is 9.89 Å². The summed E-state index contributed by atoms with van der Waals surface area (Å²) in [6.45, 7) is 0.450. The van der Waals surface area contributed by atoms with Crippen molar-refractivity contribution in [2.24, 2.45) is 0 Å². The Labute approximate surface area is 217 Å². The Morgan fingerprint density at radius 1 is 1.00 bits per heavy atom.